The second kappa shape index (κ2) is 8.28. The molecule has 0 unspecified atom stereocenters. The van der Waals surface area contributed by atoms with E-state index < -0.39 is 6.09 Å². The van der Waals surface area contributed by atoms with Crippen LogP contribution < -0.4 is 10.0 Å². The summed E-state index contributed by atoms with van der Waals surface area (Å²) in [5.41, 5.74) is 2.71. The molecule has 2 amide bonds. The van der Waals surface area contributed by atoms with E-state index in [0.717, 1.165) is 17.0 Å². The van der Waals surface area contributed by atoms with Gasteiger partial charge in [-0.15, -0.1) is 0 Å². The van der Waals surface area contributed by atoms with Gasteiger partial charge in [0.15, 0.2) is 0 Å². The molecule has 0 spiro atoms. The maximum Gasteiger partial charge on any atom is 0.407 e. The summed E-state index contributed by atoms with van der Waals surface area (Å²) in [4.78, 5) is 25.7. The number of ether oxygens (including phenoxy) is 1. The number of aryl methyl sites for hydroxylation is 1. The zero-order valence-electron chi connectivity index (χ0n) is 14.6. The first kappa shape index (κ1) is 18.4. The molecule has 7 heteroatoms. The molecule has 1 aliphatic heterocycles. The van der Waals surface area contributed by atoms with Gasteiger partial charge in [-0.2, -0.15) is 0 Å². The lowest BCUT2D eigenvalue weighted by atomic mass is 10.1. The number of likely N-dealkylation sites (tertiary alicyclic amines) is 1. The molecule has 0 atom stereocenters. The Balaban J connectivity index is 1.85. The number of carbonyl (C=O) groups excluding carboxylic acids is 2. The molecule has 2 N–H and O–H groups in total. The zero-order chi connectivity index (χ0) is 17.7. The van der Waals surface area contributed by atoms with Crippen molar-refractivity contribution in [3.8, 4) is 0 Å². The molecule has 0 saturated carbocycles. The minimum atomic E-state index is -0.429. The van der Waals surface area contributed by atoms with E-state index in [1.165, 1.54) is 0 Å². The maximum atomic E-state index is 12.5. The predicted molar refractivity (Wildman–Crippen MR) is 97.4 cm³/mol. The largest absolute Gasteiger partial charge is 0.442 e. The number of anilines is 1. The lowest BCUT2D eigenvalue weighted by Gasteiger charge is -2.38. The van der Waals surface area contributed by atoms with Crippen molar-refractivity contribution in [3.63, 3.8) is 0 Å². The zero-order valence-corrected chi connectivity index (χ0v) is 15.4. The van der Waals surface area contributed by atoms with Crippen molar-refractivity contribution >= 4 is 29.6 Å². The Morgan fingerprint density at radius 1 is 1.38 bits per heavy atom. The molecule has 132 valence electrons. The first-order valence-electron chi connectivity index (χ1n) is 8.15. The van der Waals surface area contributed by atoms with Gasteiger partial charge in [-0.1, -0.05) is 18.9 Å². The fourth-order valence-electron chi connectivity index (χ4n) is 2.34. The van der Waals surface area contributed by atoms with Crippen LogP contribution in [0.4, 0.5) is 10.5 Å². The van der Waals surface area contributed by atoms with E-state index in [4.69, 9.17) is 4.74 Å². The highest BCUT2D eigenvalue weighted by atomic mass is 32.2. The molecule has 0 aliphatic carbocycles. The van der Waals surface area contributed by atoms with Crippen LogP contribution in [0.2, 0.25) is 0 Å². The van der Waals surface area contributed by atoms with Gasteiger partial charge < -0.3 is 19.7 Å². The van der Waals surface area contributed by atoms with Crippen LogP contribution in [0.5, 0.6) is 0 Å². The van der Waals surface area contributed by atoms with Crippen molar-refractivity contribution in [2.45, 2.75) is 39.8 Å². The molecule has 0 radical (unpaired) electrons. The van der Waals surface area contributed by atoms with Crippen LogP contribution in [-0.2, 0) is 4.74 Å². The lowest BCUT2D eigenvalue weighted by Crippen LogP contribution is -2.56. The van der Waals surface area contributed by atoms with E-state index >= 15 is 0 Å². The molecule has 1 aromatic carbocycles. The fourth-order valence-corrected chi connectivity index (χ4v) is 2.87. The first-order chi connectivity index (χ1) is 11.4. The fraction of sp³-hybridized carbons (Fsp3) is 0.529. The monoisotopic (exact) mass is 351 g/mol. The van der Waals surface area contributed by atoms with Crippen molar-refractivity contribution in [2.24, 2.45) is 0 Å². The Kier molecular flexibility index (Phi) is 6.36. The Bertz CT molecular complexity index is 601. The summed E-state index contributed by atoms with van der Waals surface area (Å²) in [6.45, 7) is 8.68. The minimum absolute atomic E-state index is 0.0306. The molecular weight excluding hydrogens is 326 g/mol. The molecule has 2 rings (SSSR count). The van der Waals surface area contributed by atoms with Gasteiger partial charge in [0.2, 0.25) is 0 Å². The summed E-state index contributed by atoms with van der Waals surface area (Å²) >= 11 is 1.62. The van der Waals surface area contributed by atoms with Gasteiger partial charge in [0.25, 0.3) is 5.91 Å². The Morgan fingerprint density at radius 3 is 2.67 bits per heavy atom. The van der Waals surface area contributed by atoms with Gasteiger partial charge in [-0.3, -0.25) is 4.79 Å². The van der Waals surface area contributed by atoms with Crippen molar-refractivity contribution < 1.29 is 14.3 Å². The second-order valence-corrected chi connectivity index (χ2v) is 7.17. The Labute approximate surface area is 147 Å². The molecule has 1 aliphatic rings. The number of hydrogen-bond donors (Lipinski definition) is 2. The van der Waals surface area contributed by atoms with Crippen LogP contribution >= 0.6 is 11.9 Å². The number of hydrogen-bond acceptors (Lipinski definition) is 5. The van der Waals surface area contributed by atoms with Gasteiger partial charge in [-0.25, -0.2) is 4.79 Å². The van der Waals surface area contributed by atoms with Gasteiger partial charge in [-0.05, 0) is 44.5 Å². The molecule has 0 aromatic heterocycles. The summed E-state index contributed by atoms with van der Waals surface area (Å²) < 4.78 is 8.50. The third kappa shape index (κ3) is 4.80. The third-order valence-corrected chi connectivity index (χ3v) is 4.27. The quantitative estimate of drug-likeness (QED) is 0.771. The van der Waals surface area contributed by atoms with Gasteiger partial charge >= 0.3 is 6.09 Å². The molecule has 1 heterocycles. The number of carbonyl (C=O) groups is 2. The van der Waals surface area contributed by atoms with E-state index in [9.17, 15) is 9.59 Å². The van der Waals surface area contributed by atoms with Gasteiger partial charge in [0.05, 0.1) is 13.1 Å². The number of nitrogens with one attached hydrogen (secondary N) is 2. The van der Waals surface area contributed by atoms with Crippen LogP contribution in [0, 0.1) is 6.92 Å². The topological polar surface area (TPSA) is 70.7 Å². The normalized spacial score (nSPS) is 14.3. The van der Waals surface area contributed by atoms with Crippen molar-refractivity contribution in [1.82, 2.24) is 10.2 Å². The Morgan fingerprint density at radius 2 is 2.08 bits per heavy atom. The first-order valence-corrected chi connectivity index (χ1v) is 9.14. The molecule has 1 saturated heterocycles. The van der Waals surface area contributed by atoms with Crippen LogP contribution in [0.25, 0.3) is 0 Å². The van der Waals surface area contributed by atoms with E-state index in [0.29, 0.717) is 18.7 Å². The SMILES string of the molecule is CCSNc1ccc(C(=O)N2CC(OC(=O)NC(C)C)C2)cc1C. The predicted octanol–water partition coefficient (Wildman–Crippen LogP) is 3.03. The number of nitrogens with zero attached hydrogens (tertiary/aromatic N) is 1. The van der Waals surface area contributed by atoms with Crippen molar-refractivity contribution in [3.05, 3.63) is 29.3 Å². The highest BCUT2D eigenvalue weighted by Gasteiger charge is 2.34. The molecule has 1 fully saturated rings. The van der Waals surface area contributed by atoms with E-state index in [1.807, 2.05) is 39.0 Å². The summed E-state index contributed by atoms with van der Waals surface area (Å²) in [5.74, 6) is 0.941. The second-order valence-electron chi connectivity index (χ2n) is 6.10. The lowest BCUT2D eigenvalue weighted by molar-refractivity contribution is -0.00700. The standard InChI is InChI=1S/C17H25N3O3S/c1-5-24-19-15-7-6-13(8-12(15)4)16(21)20-9-14(10-20)23-17(22)18-11(2)3/h6-8,11,14,19H,5,9-10H2,1-4H3,(H,18,22). The number of amides is 2. The van der Waals surface area contributed by atoms with Crippen LogP contribution in [0.3, 0.4) is 0 Å². The van der Waals surface area contributed by atoms with Gasteiger partial charge in [0, 0.05) is 23.0 Å². The summed E-state index contributed by atoms with van der Waals surface area (Å²) in [6.07, 6.45) is -0.655. The van der Waals surface area contributed by atoms with Crippen LogP contribution in [0.15, 0.2) is 18.2 Å². The summed E-state index contributed by atoms with van der Waals surface area (Å²) in [7, 11) is 0. The summed E-state index contributed by atoms with van der Waals surface area (Å²) in [5, 5.41) is 2.67. The molecule has 24 heavy (non-hydrogen) atoms. The Hall–Kier alpha value is -1.89. The van der Waals surface area contributed by atoms with Crippen molar-refractivity contribution in [2.75, 3.05) is 23.6 Å². The van der Waals surface area contributed by atoms with Crippen LogP contribution in [0.1, 0.15) is 36.7 Å². The average molecular weight is 351 g/mol. The number of rotatable bonds is 6. The molecule has 0 bridgehead atoms. The average Bonchev–Trinajstić information content (AvgIpc) is 2.48. The van der Waals surface area contributed by atoms with Crippen LogP contribution in [-0.4, -0.2) is 47.9 Å². The maximum absolute atomic E-state index is 12.5. The number of alkyl carbamates (subject to hydrolysis) is 1. The van der Waals surface area contributed by atoms with E-state index in [1.54, 1.807) is 16.8 Å². The van der Waals surface area contributed by atoms with Gasteiger partial charge in [0.1, 0.15) is 6.10 Å². The summed E-state index contributed by atoms with van der Waals surface area (Å²) in [6, 6.07) is 5.68. The molecular formula is C17H25N3O3S. The van der Waals surface area contributed by atoms with E-state index in [-0.39, 0.29) is 18.1 Å². The number of benzene rings is 1. The highest BCUT2D eigenvalue weighted by Crippen LogP contribution is 2.22. The molecule has 1 aromatic rings. The van der Waals surface area contributed by atoms with E-state index in [2.05, 4.69) is 17.0 Å². The highest BCUT2D eigenvalue weighted by molar-refractivity contribution is 8.00. The smallest absolute Gasteiger partial charge is 0.407 e. The minimum Gasteiger partial charge on any atom is -0.442 e. The third-order valence-electron chi connectivity index (χ3n) is 3.62. The van der Waals surface area contributed by atoms with Crippen molar-refractivity contribution in [1.29, 1.82) is 0 Å². The molecule has 6 nitrogen and oxygen atoms in total.